The van der Waals surface area contributed by atoms with Crippen LogP contribution in [0.15, 0.2) is 27.4 Å². The smallest absolute Gasteiger partial charge is 0.0517 e. The number of rotatable bonds is 3. The van der Waals surface area contributed by atoms with Crippen LogP contribution in [-0.4, -0.2) is 6.54 Å². The molecule has 0 atom stereocenters. The van der Waals surface area contributed by atoms with Crippen molar-refractivity contribution in [3.63, 3.8) is 0 Å². The average molecular weight is 208 g/mol. The SMILES string of the molecule is ClC=C(Cl)CNc1ccsc1. The molecule has 60 valence electrons. The normalized spacial score (nSPS) is 11.6. The zero-order valence-corrected chi connectivity index (χ0v) is 8.01. The maximum atomic E-state index is 5.65. The van der Waals surface area contributed by atoms with Gasteiger partial charge >= 0.3 is 0 Å². The quantitative estimate of drug-likeness (QED) is 0.801. The first-order valence-corrected chi connectivity index (χ1v) is 4.79. The molecule has 0 fully saturated rings. The molecular formula is C7H7Cl2NS. The highest BCUT2D eigenvalue weighted by molar-refractivity contribution is 7.08. The molecule has 0 aliphatic rings. The summed E-state index contributed by atoms with van der Waals surface area (Å²) in [6.45, 7) is 0.585. The Labute approximate surface area is 79.6 Å². The molecule has 1 rings (SSSR count). The van der Waals surface area contributed by atoms with Crippen molar-refractivity contribution < 1.29 is 0 Å². The lowest BCUT2D eigenvalue weighted by Gasteiger charge is -1.99. The average Bonchev–Trinajstić information content (AvgIpc) is 2.52. The van der Waals surface area contributed by atoms with Crippen LogP contribution in [0.5, 0.6) is 0 Å². The highest BCUT2D eigenvalue weighted by atomic mass is 35.5. The standard InChI is InChI=1S/C7H7Cl2NS/c8-3-6(9)4-10-7-1-2-11-5-7/h1-3,5,10H,4H2. The van der Waals surface area contributed by atoms with Gasteiger partial charge in [-0.05, 0) is 11.4 Å². The minimum absolute atomic E-state index is 0.585. The highest BCUT2D eigenvalue weighted by Gasteiger charge is 1.92. The Morgan fingerprint density at radius 3 is 3.09 bits per heavy atom. The predicted molar refractivity (Wildman–Crippen MR) is 52.6 cm³/mol. The van der Waals surface area contributed by atoms with Crippen molar-refractivity contribution in [3.05, 3.63) is 27.4 Å². The van der Waals surface area contributed by atoms with Gasteiger partial charge in [0.05, 0.1) is 6.54 Å². The third kappa shape index (κ3) is 3.14. The van der Waals surface area contributed by atoms with E-state index in [0.717, 1.165) is 5.69 Å². The van der Waals surface area contributed by atoms with Crippen LogP contribution in [0.25, 0.3) is 0 Å². The first kappa shape index (κ1) is 8.91. The van der Waals surface area contributed by atoms with Crippen LogP contribution in [0, 0.1) is 0 Å². The Bertz CT molecular complexity index is 231. The monoisotopic (exact) mass is 207 g/mol. The second-order valence-corrected chi connectivity index (χ2v) is 3.41. The van der Waals surface area contributed by atoms with E-state index >= 15 is 0 Å². The van der Waals surface area contributed by atoms with Gasteiger partial charge in [0.2, 0.25) is 0 Å². The van der Waals surface area contributed by atoms with Gasteiger partial charge in [-0.15, -0.1) is 0 Å². The minimum Gasteiger partial charge on any atom is -0.379 e. The zero-order chi connectivity index (χ0) is 8.10. The lowest BCUT2D eigenvalue weighted by molar-refractivity contribution is 1.32. The van der Waals surface area contributed by atoms with E-state index in [1.54, 1.807) is 11.3 Å². The summed E-state index contributed by atoms with van der Waals surface area (Å²) in [6, 6.07) is 1.99. The Morgan fingerprint density at radius 1 is 1.73 bits per heavy atom. The van der Waals surface area contributed by atoms with Crippen molar-refractivity contribution in [3.8, 4) is 0 Å². The summed E-state index contributed by atoms with van der Waals surface area (Å²) in [6.07, 6.45) is 0. The number of hydrogen-bond donors (Lipinski definition) is 1. The summed E-state index contributed by atoms with van der Waals surface area (Å²) >= 11 is 12.7. The van der Waals surface area contributed by atoms with Gasteiger partial charge in [0, 0.05) is 21.6 Å². The van der Waals surface area contributed by atoms with E-state index in [0.29, 0.717) is 11.6 Å². The van der Waals surface area contributed by atoms with Crippen molar-refractivity contribution in [1.82, 2.24) is 0 Å². The van der Waals surface area contributed by atoms with Gasteiger partial charge in [-0.25, -0.2) is 0 Å². The molecule has 1 N–H and O–H groups in total. The molecule has 1 aromatic rings. The summed E-state index contributed by atoms with van der Waals surface area (Å²) in [5.41, 5.74) is 2.44. The molecule has 0 spiro atoms. The van der Waals surface area contributed by atoms with Crippen LogP contribution in [0.4, 0.5) is 5.69 Å². The molecule has 4 heteroatoms. The van der Waals surface area contributed by atoms with Crippen LogP contribution in [0.2, 0.25) is 0 Å². The van der Waals surface area contributed by atoms with E-state index < -0.39 is 0 Å². The molecule has 0 amide bonds. The fourth-order valence-corrected chi connectivity index (χ4v) is 1.35. The maximum absolute atomic E-state index is 5.65. The van der Waals surface area contributed by atoms with Gasteiger partial charge < -0.3 is 5.32 Å². The number of nitrogens with one attached hydrogen (secondary N) is 1. The molecule has 0 bridgehead atoms. The second kappa shape index (κ2) is 4.65. The molecule has 0 aromatic carbocycles. The molecule has 0 unspecified atom stereocenters. The van der Waals surface area contributed by atoms with Crippen molar-refractivity contribution in [2.45, 2.75) is 0 Å². The van der Waals surface area contributed by atoms with Crippen LogP contribution in [0.1, 0.15) is 0 Å². The number of thiophene rings is 1. The van der Waals surface area contributed by atoms with Crippen LogP contribution >= 0.6 is 34.5 Å². The summed E-state index contributed by atoms with van der Waals surface area (Å²) in [5.74, 6) is 0. The molecule has 1 heterocycles. The fraction of sp³-hybridized carbons (Fsp3) is 0.143. The van der Waals surface area contributed by atoms with Crippen molar-refractivity contribution in [2.24, 2.45) is 0 Å². The molecule has 0 saturated carbocycles. The highest BCUT2D eigenvalue weighted by Crippen LogP contribution is 2.13. The van der Waals surface area contributed by atoms with Crippen LogP contribution in [0.3, 0.4) is 0 Å². The molecular weight excluding hydrogens is 201 g/mol. The molecule has 0 aliphatic heterocycles. The molecule has 0 radical (unpaired) electrons. The van der Waals surface area contributed by atoms with Gasteiger partial charge in [0.15, 0.2) is 0 Å². The molecule has 0 saturated heterocycles. The lowest BCUT2D eigenvalue weighted by Crippen LogP contribution is -1.99. The van der Waals surface area contributed by atoms with Gasteiger partial charge in [-0.3, -0.25) is 0 Å². The Kier molecular flexibility index (Phi) is 3.77. The van der Waals surface area contributed by atoms with Gasteiger partial charge in [0.25, 0.3) is 0 Å². The fourth-order valence-electron chi connectivity index (χ4n) is 0.590. The van der Waals surface area contributed by atoms with E-state index in [4.69, 9.17) is 23.2 Å². The molecule has 1 aromatic heterocycles. The zero-order valence-electron chi connectivity index (χ0n) is 5.68. The van der Waals surface area contributed by atoms with E-state index in [2.05, 4.69) is 5.32 Å². The Morgan fingerprint density at radius 2 is 2.55 bits per heavy atom. The molecule has 1 nitrogen and oxygen atoms in total. The first-order chi connectivity index (χ1) is 5.33. The van der Waals surface area contributed by atoms with Crippen LogP contribution < -0.4 is 5.32 Å². The summed E-state index contributed by atoms with van der Waals surface area (Å²) in [5, 5.41) is 7.72. The first-order valence-electron chi connectivity index (χ1n) is 3.04. The second-order valence-electron chi connectivity index (χ2n) is 1.92. The number of hydrogen-bond acceptors (Lipinski definition) is 2. The van der Waals surface area contributed by atoms with E-state index in [-0.39, 0.29) is 0 Å². The van der Waals surface area contributed by atoms with Crippen LogP contribution in [-0.2, 0) is 0 Å². The van der Waals surface area contributed by atoms with Gasteiger partial charge in [0.1, 0.15) is 0 Å². The van der Waals surface area contributed by atoms with Crippen molar-refractivity contribution in [2.75, 3.05) is 11.9 Å². The minimum atomic E-state index is 0.585. The van der Waals surface area contributed by atoms with E-state index in [1.165, 1.54) is 5.54 Å². The summed E-state index contributed by atoms with van der Waals surface area (Å²) in [4.78, 5) is 0. The summed E-state index contributed by atoms with van der Waals surface area (Å²) < 4.78 is 0. The Balaban J connectivity index is 2.35. The summed E-state index contributed by atoms with van der Waals surface area (Å²) in [7, 11) is 0. The molecule has 0 aliphatic carbocycles. The van der Waals surface area contributed by atoms with Crippen molar-refractivity contribution in [1.29, 1.82) is 0 Å². The molecule has 11 heavy (non-hydrogen) atoms. The van der Waals surface area contributed by atoms with E-state index in [1.807, 2.05) is 16.8 Å². The van der Waals surface area contributed by atoms with Gasteiger partial charge in [-0.2, -0.15) is 11.3 Å². The third-order valence-corrected chi connectivity index (χ3v) is 2.40. The maximum Gasteiger partial charge on any atom is 0.0517 e. The Hall–Kier alpha value is -0.180. The van der Waals surface area contributed by atoms with Crippen molar-refractivity contribution >= 4 is 40.2 Å². The van der Waals surface area contributed by atoms with E-state index in [9.17, 15) is 0 Å². The lowest BCUT2D eigenvalue weighted by atomic mass is 10.5. The largest absolute Gasteiger partial charge is 0.379 e. The number of halogens is 2. The number of anilines is 1. The van der Waals surface area contributed by atoms with Gasteiger partial charge in [-0.1, -0.05) is 23.2 Å². The predicted octanol–water partition coefficient (Wildman–Crippen LogP) is 3.48. The topological polar surface area (TPSA) is 12.0 Å². The third-order valence-electron chi connectivity index (χ3n) is 1.10.